The van der Waals surface area contributed by atoms with Gasteiger partial charge in [0, 0.05) is 24.2 Å². The molecule has 0 saturated carbocycles. The average Bonchev–Trinajstić information content (AvgIpc) is 3.15. The fourth-order valence-electron chi connectivity index (χ4n) is 2.59. The predicted molar refractivity (Wildman–Crippen MR) is 92.1 cm³/mol. The summed E-state index contributed by atoms with van der Waals surface area (Å²) in [4.78, 5) is 1.97. The summed E-state index contributed by atoms with van der Waals surface area (Å²) >= 11 is 0. The number of benzene rings is 2. The zero-order valence-corrected chi connectivity index (χ0v) is 13.0. The molecular weight excluding hydrogens is 284 g/mol. The van der Waals surface area contributed by atoms with Crippen LogP contribution in [0, 0.1) is 17.3 Å². The molecule has 2 aromatic rings. The Morgan fingerprint density at radius 1 is 0.957 bits per heavy atom. The van der Waals surface area contributed by atoms with Crippen molar-refractivity contribution < 1.29 is 4.74 Å². The van der Waals surface area contributed by atoms with Gasteiger partial charge in [-0.2, -0.15) is 0 Å². The molecule has 116 valence electrons. The van der Waals surface area contributed by atoms with Crippen molar-refractivity contribution in [3.8, 4) is 11.8 Å². The molecule has 0 spiro atoms. The topological polar surface area (TPSA) is 36.3 Å². The molecule has 23 heavy (non-hydrogen) atoms. The molecule has 2 aromatic carbocycles. The van der Waals surface area contributed by atoms with Crippen LogP contribution >= 0.6 is 0 Å². The normalized spacial score (nSPS) is 14.7. The van der Waals surface area contributed by atoms with Crippen LogP contribution in [0.2, 0.25) is 0 Å². The molecule has 1 saturated heterocycles. The zero-order valence-electron chi connectivity index (χ0n) is 13.0. The second-order valence-corrected chi connectivity index (χ2v) is 5.54. The molecule has 3 rings (SSSR count). The van der Waals surface area contributed by atoms with Gasteiger partial charge in [-0.05, 0) is 30.9 Å². The van der Waals surface area contributed by atoms with Gasteiger partial charge in [-0.3, -0.25) is 5.41 Å². The monoisotopic (exact) mass is 304 g/mol. The first-order valence-electron chi connectivity index (χ1n) is 7.94. The van der Waals surface area contributed by atoms with Crippen LogP contribution in [0.3, 0.4) is 0 Å². The molecule has 0 amide bonds. The maximum Gasteiger partial charge on any atom is 0.286 e. The lowest BCUT2D eigenvalue weighted by molar-refractivity contribution is 0.199. The lowest BCUT2D eigenvalue weighted by Gasteiger charge is -2.21. The number of nitrogens with zero attached hydrogens (tertiary/aromatic N) is 1. The van der Waals surface area contributed by atoms with E-state index in [1.807, 2.05) is 65.6 Å². The van der Waals surface area contributed by atoms with Crippen molar-refractivity contribution in [1.29, 1.82) is 5.41 Å². The Morgan fingerprint density at radius 2 is 1.57 bits per heavy atom. The molecule has 1 atom stereocenters. The fraction of sp³-hybridized carbons (Fsp3) is 0.250. The highest BCUT2D eigenvalue weighted by molar-refractivity contribution is 5.71. The number of ether oxygens (including phenoxy) is 1. The van der Waals surface area contributed by atoms with Gasteiger partial charge in [-0.1, -0.05) is 54.5 Å². The van der Waals surface area contributed by atoms with Gasteiger partial charge in [-0.15, -0.1) is 0 Å². The first-order chi connectivity index (χ1) is 11.3. The van der Waals surface area contributed by atoms with Crippen LogP contribution in [0.15, 0.2) is 60.7 Å². The molecule has 0 aromatic heterocycles. The summed E-state index contributed by atoms with van der Waals surface area (Å²) in [6.45, 7) is 1.79. The van der Waals surface area contributed by atoms with E-state index in [1.165, 1.54) is 0 Å². The van der Waals surface area contributed by atoms with E-state index in [2.05, 4.69) is 11.8 Å². The van der Waals surface area contributed by atoms with Gasteiger partial charge in [0.15, 0.2) is 6.10 Å². The van der Waals surface area contributed by atoms with E-state index in [9.17, 15) is 0 Å². The Morgan fingerprint density at radius 3 is 2.22 bits per heavy atom. The highest BCUT2D eigenvalue weighted by Crippen LogP contribution is 2.19. The van der Waals surface area contributed by atoms with Crippen LogP contribution in [-0.2, 0) is 4.74 Å². The largest absolute Gasteiger partial charge is 0.444 e. The quantitative estimate of drug-likeness (QED) is 0.520. The van der Waals surface area contributed by atoms with Gasteiger partial charge in [0.2, 0.25) is 0 Å². The van der Waals surface area contributed by atoms with Crippen LogP contribution in [0.5, 0.6) is 0 Å². The second kappa shape index (κ2) is 7.51. The first kappa shape index (κ1) is 15.2. The van der Waals surface area contributed by atoms with E-state index in [4.69, 9.17) is 10.1 Å². The highest BCUT2D eigenvalue weighted by atomic mass is 16.5. The zero-order chi connectivity index (χ0) is 15.9. The second-order valence-electron chi connectivity index (χ2n) is 5.54. The van der Waals surface area contributed by atoms with Gasteiger partial charge in [0.05, 0.1) is 0 Å². The number of amidine groups is 1. The minimum Gasteiger partial charge on any atom is -0.444 e. The molecule has 0 bridgehead atoms. The Balaban J connectivity index is 1.79. The maximum absolute atomic E-state index is 8.18. The van der Waals surface area contributed by atoms with Crippen molar-refractivity contribution in [2.75, 3.05) is 13.1 Å². The molecule has 1 fully saturated rings. The lowest BCUT2D eigenvalue weighted by Crippen LogP contribution is -2.30. The minimum atomic E-state index is -0.426. The molecule has 3 nitrogen and oxygen atoms in total. The Kier molecular flexibility index (Phi) is 4.95. The summed E-state index contributed by atoms with van der Waals surface area (Å²) in [6.07, 6.45) is 1.82. The van der Waals surface area contributed by atoms with Crippen LogP contribution in [0.25, 0.3) is 0 Å². The summed E-state index contributed by atoms with van der Waals surface area (Å²) < 4.78 is 5.88. The third kappa shape index (κ3) is 4.14. The van der Waals surface area contributed by atoms with Crippen molar-refractivity contribution in [2.45, 2.75) is 18.9 Å². The lowest BCUT2D eigenvalue weighted by atomic mass is 10.1. The van der Waals surface area contributed by atoms with Crippen LogP contribution < -0.4 is 0 Å². The van der Waals surface area contributed by atoms with Crippen molar-refractivity contribution in [1.82, 2.24) is 4.90 Å². The maximum atomic E-state index is 8.18. The highest BCUT2D eigenvalue weighted by Gasteiger charge is 2.20. The van der Waals surface area contributed by atoms with Crippen molar-refractivity contribution >= 4 is 6.02 Å². The van der Waals surface area contributed by atoms with Gasteiger partial charge in [0.1, 0.15) is 0 Å². The minimum absolute atomic E-state index is 0.221. The number of rotatable bonds is 2. The fourth-order valence-corrected chi connectivity index (χ4v) is 2.59. The third-order valence-corrected chi connectivity index (χ3v) is 3.85. The van der Waals surface area contributed by atoms with Crippen LogP contribution in [0.4, 0.5) is 0 Å². The number of likely N-dealkylation sites (tertiary alicyclic amines) is 1. The standard InChI is InChI=1S/C20H20N2O/c21-20(22-15-7-8-16-22)23-19(18-11-5-2-6-12-18)14-13-17-9-3-1-4-10-17/h1-6,9-12,19,21H,7-8,15-16H2. The summed E-state index contributed by atoms with van der Waals surface area (Å²) in [7, 11) is 0. The van der Waals surface area contributed by atoms with Crippen molar-refractivity contribution in [2.24, 2.45) is 0 Å². The van der Waals surface area contributed by atoms with E-state index in [0.29, 0.717) is 0 Å². The Labute approximate surface area is 137 Å². The molecule has 1 N–H and O–H groups in total. The van der Waals surface area contributed by atoms with E-state index in [1.54, 1.807) is 0 Å². The van der Waals surface area contributed by atoms with Crippen molar-refractivity contribution in [3.05, 3.63) is 71.8 Å². The Hall–Kier alpha value is -2.73. The molecule has 1 aliphatic heterocycles. The summed E-state index contributed by atoms with van der Waals surface area (Å²) in [5, 5.41) is 8.18. The summed E-state index contributed by atoms with van der Waals surface area (Å²) in [5.74, 6) is 6.32. The van der Waals surface area contributed by atoms with E-state index in [0.717, 1.165) is 37.1 Å². The number of nitrogens with one attached hydrogen (secondary N) is 1. The number of hydrogen-bond acceptors (Lipinski definition) is 2. The smallest absolute Gasteiger partial charge is 0.286 e. The van der Waals surface area contributed by atoms with Gasteiger partial charge in [0.25, 0.3) is 6.02 Å². The SMILES string of the molecule is N=C(OC(C#Cc1ccccc1)c1ccccc1)N1CCCC1. The van der Waals surface area contributed by atoms with Crippen molar-refractivity contribution in [3.63, 3.8) is 0 Å². The average molecular weight is 304 g/mol. The summed E-state index contributed by atoms with van der Waals surface area (Å²) in [5.41, 5.74) is 1.92. The van der Waals surface area contributed by atoms with E-state index in [-0.39, 0.29) is 6.02 Å². The molecule has 0 aliphatic carbocycles. The Bertz CT molecular complexity index is 695. The van der Waals surface area contributed by atoms with Gasteiger partial charge >= 0.3 is 0 Å². The van der Waals surface area contributed by atoms with Gasteiger partial charge < -0.3 is 9.64 Å². The molecular formula is C20H20N2O. The summed E-state index contributed by atoms with van der Waals surface area (Å²) in [6, 6.07) is 20.0. The predicted octanol–water partition coefficient (Wildman–Crippen LogP) is 3.83. The molecule has 1 unspecified atom stereocenters. The van der Waals surface area contributed by atoms with Crippen LogP contribution in [0.1, 0.15) is 30.1 Å². The van der Waals surface area contributed by atoms with Gasteiger partial charge in [-0.25, -0.2) is 0 Å². The number of hydrogen-bond donors (Lipinski definition) is 1. The molecule has 0 radical (unpaired) electrons. The molecule has 1 heterocycles. The first-order valence-corrected chi connectivity index (χ1v) is 7.94. The van der Waals surface area contributed by atoms with E-state index >= 15 is 0 Å². The van der Waals surface area contributed by atoms with Crippen LogP contribution in [-0.4, -0.2) is 24.0 Å². The third-order valence-electron chi connectivity index (χ3n) is 3.85. The molecule has 3 heteroatoms. The van der Waals surface area contributed by atoms with E-state index < -0.39 is 6.10 Å². The molecule has 1 aliphatic rings.